The molecule has 0 spiro atoms. The number of nitro benzene ring substituents is 1. The van der Waals surface area contributed by atoms with E-state index >= 15 is 0 Å². The molecular weight excluding hydrogens is 353 g/mol. The van der Waals surface area contributed by atoms with Crippen molar-refractivity contribution in [3.63, 3.8) is 0 Å². The summed E-state index contributed by atoms with van der Waals surface area (Å²) >= 11 is 1.85. The van der Waals surface area contributed by atoms with Crippen LogP contribution in [0.25, 0.3) is 10.4 Å². The summed E-state index contributed by atoms with van der Waals surface area (Å²) in [5.74, 6) is 0.0766. The third-order valence-corrected chi connectivity index (χ3v) is 2.65. The predicted octanol–water partition coefficient (Wildman–Crippen LogP) is 2.76. The van der Waals surface area contributed by atoms with Gasteiger partial charge in [0.05, 0.1) is 33.3 Å². The van der Waals surface area contributed by atoms with Crippen molar-refractivity contribution in [2.75, 3.05) is 13.2 Å². The van der Waals surface area contributed by atoms with Gasteiger partial charge in [0.25, 0.3) is 0 Å². The molecule has 0 aliphatic heterocycles. The molecule has 1 aromatic rings. The van der Waals surface area contributed by atoms with E-state index in [4.69, 9.17) is 15.5 Å². The molecular formula is C9H6IN5O3. The highest BCUT2D eigenvalue weighted by molar-refractivity contribution is 14.1. The van der Waals surface area contributed by atoms with Crippen LogP contribution in [0.4, 0.5) is 5.69 Å². The number of benzene rings is 1. The number of nitrogens with zero attached hydrogens (tertiary/aromatic N) is 5. The van der Waals surface area contributed by atoms with Gasteiger partial charge in [-0.2, -0.15) is 5.26 Å². The molecule has 0 atom stereocenters. The van der Waals surface area contributed by atoms with Crippen molar-refractivity contribution in [2.45, 2.75) is 0 Å². The molecule has 0 heterocycles. The summed E-state index contributed by atoms with van der Waals surface area (Å²) in [6.45, 7) is 0.108. The van der Waals surface area contributed by atoms with Crippen molar-refractivity contribution in [1.82, 2.24) is 0 Å². The van der Waals surface area contributed by atoms with Crippen LogP contribution in [0.2, 0.25) is 0 Å². The highest BCUT2D eigenvalue weighted by atomic mass is 127. The molecule has 0 unspecified atom stereocenters. The van der Waals surface area contributed by atoms with Crippen LogP contribution in [-0.2, 0) is 0 Å². The lowest BCUT2D eigenvalue weighted by Gasteiger charge is -2.07. The molecule has 0 amide bonds. The van der Waals surface area contributed by atoms with Crippen molar-refractivity contribution in [1.29, 1.82) is 5.26 Å². The predicted molar refractivity (Wildman–Crippen MR) is 70.0 cm³/mol. The lowest BCUT2D eigenvalue weighted by molar-refractivity contribution is -0.386. The fourth-order valence-corrected chi connectivity index (χ4v) is 1.92. The van der Waals surface area contributed by atoms with Gasteiger partial charge in [-0.25, -0.2) is 0 Å². The molecule has 0 saturated heterocycles. The second-order valence-corrected chi connectivity index (χ2v) is 4.14. The molecule has 0 saturated carbocycles. The third kappa shape index (κ3) is 3.47. The number of halogens is 1. The molecule has 0 bridgehead atoms. The lowest BCUT2D eigenvalue weighted by atomic mass is 10.2. The van der Waals surface area contributed by atoms with Crippen molar-refractivity contribution in [3.8, 4) is 11.8 Å². The third-order valence-electron chi connectivity index (χ3n) is 1.85. The fraction of sp³-hybridized carbons (Fsp3) is 0.222. The largest absolute Gasteiger partial charge is 0.486 e. The zero-order valence-corrected chi connectivity index (χ0v) is 11.1. The Morgan fingerprint density at radius 1 is 1.67 bits per heavy atom. The van der Waals surface area contributed by atoms with Crippen molar-refractivity contribution in [3.05, 3.63) is 41.8 Å². The van der Waals surface area contributed by atoms with Gasteiger partial charge in [0.15, 0.2) is 0 Å². The molecule has 0 aromatic heterocycles. The number of hydrogen-bond acceptors (Lipinski definition) is 5. The van der Waals surface area contributed by atoms with Crippen LogP contribution in [0.1, 0.15) is 5.56 Å². The quantitative estimate of drug-likeness (QED) is 0.152. The van der Waals surface area contributed by atoms with E-state index in [1.54, 1.807) is 0 Å². The molecule has 1 aromatic carbocycles. The van der Waals surface area contributed by atoms with Crippen LogP contribution in [0.3, 0.4) is 0 Å². The molecule has 0 aliphatic rings. The Morgan fingerprint density at radius 2 is 2.39 bits per heavy atom. The Kier molecular flexibility index (Phi) is 5.16. The fourth-order valence-electron chi connectivity index (χ4n) is 1.16. The monoisotopic (exact) mass is 359 g/mol. The number of ether oxygens (including phenoxy) is 1. The molecule has 92 valence electrons. The molecule has 8 nitrogen and oxygen atoms in total. The standard InChI is InChI=1S/C9H6IN5O3/c10-7-3-6(5-11)4-8(15(16)17)9(7)18-2-1-13-14-12/h3-4H,1-2H2. The second-order valence-electron chi connectivity index (χ2n) is 2.98. The number of rotatable bonds is 5. The first-order valence-electron chi connectivity index (χ1n) is 4.62. The Hall–Kier alpha value is -2.05. The van der Waals surface area contributed by atoms with Gasteiger partial charge in [0, 0.05) is 11.0 Å². The van der Waals surface area contributed by atoms with Crippen LogP contribution >= 0.6 is 22.6 Å². The average Bonchev–Trinajstić information content (AvgIpc) is 2.35. The molecule has 0 aliphatic carbocycles. The normalized spacial score (nSPS) is 9.11. The first-order chi connectivity index (χ1) is 8.60. The van der Waals surface area contributed by atoms with Gasteiger partial charge in [0.2, 0.25) is 5.75 Å². The van der Waals surface area contributed by atoms with E-state index in [0.29, 0.717) is 3.57 Å². The smallest absolute Gasteiger partial charge is 0.313 e. The second kappa shape index (κ2) is 6.63. The first kappa shape index (κ1) is 14.0. The van der Waals surface area contributed by atoms with Gasteiger partial charge in [-0.15, -0.1) is 0 Å². The first-order valence-corrected chi connectivity index (χ1v) is 5.69. The maximum atomic E-state index is 10.9. The number of azide groups is 1. The zero-order valence-electron chi connectivity index (χ0n) is 8.91. The summed E-state index contributed by atoms with van der Waals surface area (Å²) in [7, 11) is 0. The Bertz CT molecular complexity index is 562. The van der Waals surface area contributed by atoms with Gasteiger partial charge in [-0.3, -0.25) is 10.1 Å². The molecule has 0 N–H and O–H groups in total. The highest BCUT2D eigenvalue weighted by Gasteiger charge is 2.20. The Morgan fingerprint density at radius 3 is 2.94 bits per heavy atom. The van der Waals surface area contributed by atoms with E-state index in [1.165, 1.54) is 6.07 Å². The van der Waals surface area contributed by atoms with E-state index in [1.807, 2.05) is 28.7 Å². The minimum absolute atomic E-state index is 0.0345. The van der Waals surface area contributed by atoms with Crippen LogP contribution in [0.15, 0.2) is 17.2 Å². The van der Waals surface area contributed by atoms with Gasteiger partial charge in [-0.1, -0.05) is 5.11 Å². The highest BCUT2D eigenvalue weighted by Crippen LogP contribution is 2.33. The minimum Gasteiger partial charge on any atom is -0.486 e. The van der Waals surface area contributed by atoms with Crippen LogP contribution < -0.4 is 4.74 Å². The molecule has 9 heteroatoms. The van der Waals surface area contributed by atoms with E-state index in [0.717, 1.165) is 6.07 Å². The summed E-state index contributed by atoms with van der Waals surface area (Å²) in [6, 6.07) is 4.46. The Labute approximate surface area is 115 Å². The van der Waals surface area contributed by atoms with E-state index < -0.39 is 4.92 Å². The maximum absolute atomic E-state index is 10.9. The molecule has 18 heavy (non-hydrogen) atoms. The summed E-state index contributed by atoms with van der Waals surface area (Å²) in [5, 5.41) is 22.9. The maximum Gasteiger partial charge on any atom is 0.313 e. The van der Waals surface area contributed by atoms with E-state index in [2.05, 4.69) is 10.0 Å². The number of nitriles is 1. The summed E-state index contributed by atoms with van der Waals surface area (Å²) < 4.78 is 5.67. The van der Waals surface area contributed by atoms with Crippen molar-refractivity contribution >= 4 is 28.3 Å². The summed E-state index contributed by atoms with van der Waals surface area (Å²) in [4.78, 5) is 12.8. The van der Waals surface area contributed by atoms with E-state index in [9.17, 15) is 10.1 Å². The van der Waals surface area contributed by atoms with Gasteiger partial charge in [0.1, 0.15) is 0 Å². The zero-order chi connectivity index (χ0) is 13.5. The van der Waals surface area contributed by atoms with Crippen molar-refractivity contribution in [2.24, 2.45) is 5.11 Å². The average molecular weight is 359 g/mol. The summed E-state index contributed by atoms with van der Waals surface area (Å²) in [5.41, 5.74) is 8.00. The molecule has 0 radical (unpaired) electrons. The summed E-state index contributed by atoms with van der Waals surface area (Å²) in [6.07, 6.45) is 0. The van der Waals surface area contributed by atoms with Crippen molar-refractivity contribution < 1.29 is 9.66 Å². The number of nitro groups is 1. The van der Waals surface area contributed by atoms with Gasteiger partial charge < -0.3 is 4.74 Å². The van der Waals surface area contributed by atoms with Gasteiger partial charge in [-0.05, 0) is 34.2 Å². The van der Waals surface area contributed by atoms with Gasteiger partial charge >= 0.3 is 5.69 Å². The molecule has 1 rings (SSSR count). The van der Waals surface area contributed by atoms with Crippen LogP contribution in [0, 0.1) is 25.0 Å². The van der Waals surface area contributed by atoms with Crippen LogP contribution in [0.5, 0.6) is 5.75 Å². The topological polar surface area (TPSA) is 125 Å². The lowest BCUT2D eigenvalue weighted by Crippen LogP contribution is -2.05. The molecule has 0 fully saturated rings. The number of hydrogen-bond donors (Lipinski definition) is 0. The SMILES string of the molecule is N#Cc1cc(I)c(OCCN=[N+]=[N-])c([N+](=O)[O-])c1. The van der Waals surface area contributed by atoms with Crippen LogP contribution in [-0.4, -0.2) is 18.1 Å². The Balaban J connectivity index is 3.05. The minimum atomic E-state index is -0.619. The van der Waals surface area contributed by atoms with E-state index in [-0.39, 0.29) is 30.2 Å².